The molecule has 2 N–H and O–H groups in total. The number of carbonyl (C=O) groups excluding carboxylic acids is 2. The first kappa shape index (κ1) is 26.7. The highest BCUT2D eigenvalue weighted by molar-refractivity contribution is 5.96. The van der Waals surface area contributed by atoms with Crippen LogP contribution >= 0.6 is 0 Å². The number of hydrogen-bond acceptors (Lipinski definition) is 6. The average Bonchev–Trinajstić information content (AvgIpc) is 3.32. The lowest BCUT2D eigenvalue weighted by Crippen LogP contribution is -1.93. The molecule has 0 aliphatic heterocycles. The fourth-order valence-electron chi connectivity index (χ4n) is 4.49. The Balaban J connectivity index is 1.12. The second kappa shape index (κ2) is 12.3. The van der Waals surface area contributed by atoms with Gasteiger partial charge in [0.2, 0.25) is 11.8 Å². The highest BCUT2D eigenvalue weighted by Gasteiger charge is 2.15. The van der Waals surface area contributed by atoms with E-state index < -0.39 is 0 Å². The van der Waals surface area contributed by atoms with Crippen LogP contribution in [0.15, 0.2) is 69.0 Å². The van der Waals surface area contributed by atoms with E-state index in [0.29, 0.717) is 37.1 Å². The van der Waals surface area contributed by atoms with E-state index in [0.717, 1.165) is 47.5 Å². The number of unbranched alkanes of at least 4 members (excludes halogenated alkanes) is 5. The molecule has 0 atom stereocenters. The number of azo groups is 2. The maximum absolute atomic E-state index is 12.1. The summed E-state index contributed by atoms with van der Waals surface area (Å²) in [6, 6.07) is 14.8. The SMILES string of the molecule is Cn1c(O)c(N=NC(=O)CCCCCCCCC(=O)N=Nc2c(O)n(C)c3ccccc23)c2ccccc21. The number of aromatic nitrogens is 2. The van der Waals surface area contributed by atoms with Crippen molar-refractivity contribution in [3.8, 4) is 11.8 Å². The standard InChI is InChI=1S/C28H32N6O4/c1-33-21-15-11-9-13-19(21)25(27(33)37)31-29-23(35)17-7-5-3-4-6-8-18-24(36)30-32-26-20-14-10-12-16-22(20)34(2)28(26)38/h9-16,37-38H,3-8,17-18H2,1-2H3. The predicted molar refractivity (Wildman–Crippen MR) is 145 cm³/mol. The molecule has 4 aromatic rings. The van der Waals surface area contributed by atoms with Crippen molar-refractivity contribution in [3.63, 3.8) is 0 Å². The Hall–Kier alpha value is -4.34. The quantitative estimate of drug-likeness (QED) is 0.162. The summed E-state index contributed by atoms with van der Waals surface area (Å²) in [6.07, 6.45) is 5.69. The lowest BCUT2D eigenvalue weighted by atomic mass is 10.1. The van der Waals surface area contributed by atoms with Gasteiger partial charge >= 0.3 is 0 Å². The minimum Gasteiger partial charge on any atom is -0.493 e. The Morgan fingerprint density at radius 1 is 0.632 bits per heavy atom. The van der Waals surface area contributed by atoms with Gasteiger partial charge in [0.25, 0.3) is 11.8 Å². The molecule has 198 valence electrons. The van der Waals surface area contributed by atoms with Gasteiger partial charge in [-0.05, 0) is 25.0 Å². The molecule has 10 nitrogen and oxygen atoms in total. The van der Waals surface area contributed by atoms with Gasteiger partial charge in [-0.15, -0.1) is 20.5 Å². The Kier molecular flexibility index (Phi) is 8.62. The molecule has 0 saturated carbocycles. The summed E-state index contributed by atoms with van der Waals surface area (Å²) in [4.78, 5) is 24.2. The Bertz CT molecular complexity index is 1400. The third-order valence-electron chi connectivity index (χ3n) is 6.65. The molecule has 2 heterocycles. The van der Waals surface area contributed by atoms with Gasteiger partial charge in [-0.1, -0.05) is 62.1 Å². The molecule has 2 amide bonds. The first-order valence-electron chi connectivity index (χ1n) is 12.8. The molecule has 0 unspecified atom stereocenters. The Morgan fingerprint density at radius 2 is 1.00 bits per heavy atom. The van der Waals surface area contributed by atoms with Gasteiger partial charge in [-0.2, -0.15) is 0 Å². The van der Waals surface area contributed by atoms with Crippen molar-refractivity contribution in [3.05, 3.63) is 48.5 Å². The van der Waals surface area contributed by atoms with Crippen molar-refractivity contribution in [1.82, 2.24) is 9.13 Å². The fraction of sp³-hybridized carbons (Fsp3) is 0.357. The molecule has 0 aliphatic carbocycles. The van der Waals surface area contributed by atoms with Gasteiger partial charge in [0, 0.05) is 37.7 Å². The minimum absolute atomic E-state index is 0.0191. The number of hydrogen-bond donors (Lipinski definition) is 2. The van der Waals surface area contributed by atoms with Crippen LogP contribution in [-0.4, -0.2) is 31.2 Å². The van der Waals surface area contributed by atoms with Crippen LogP contribution in [0.3, 0.4) is 0 Å². The molecule has 0 saturated heterocycles. The molecule has 2 aromatic carbocycles. The number of fused-ring (bicyclic) bond motifs is 2. The van der Waals surface area contributed by atoms with Gasteiger partial charge in [0.15, 0.2) is 11.4 Å². The fourth-order valence-corrected chi connectivity index (χ4v) is 4.49. The number of aryl methyl sites for hydroxylation is 2. The minimum atomic E-state index is -0.314. The molecular weight excluding hydrogens is 484 g/mol. The van der Waals surface area contributed by atoms with Crippen molar-refractivity contribution in [2.45, 2.75) is 51.4 Å². The van der Waals surface area contributed by atoms with Crippen LogP contribution in [0.2, 0.25) is 0 Å². The van der Waals surface area contributed by atoms with Gasteiger partial charge in [0.05, 0.1) is 11.0 Å². The average molecular weight is 517 g/mol. The third kappa shape index (κ3) is 5.96. The van der Waals surface area contributed by atoms with Crippen LogP contribution < -0.4 is 0 Å². The lowest BCUT2D eigenvalue weighted by molar-refractivity contribution is -0.119. The maximum Gasteiger partial charge on any atom is 0.264 e. The van der Waals surface area contributed by atoms with Crippen LogP contribution in [0.1, 0.15) is 51.4 Å². The summed E-state index contributed by atoms with van der Waals surface area (Å²) in [5.41, 5.74) is 2.25. The van der Waals surface area contributed by atoms with E-state index in [1.807, 2.05) is 48.5 Å². The van der Waals surface area contributed by atoms with E-state index in [2.05, 4.69) is 20.5 Å². The second-order valence-corrected chi connectivity index (χ2v) is 9.31. The van der Waals surface area contributed by atoms with Crippen molar-refractivity contribution in [2.75, 3.05) is 0 Å². The van der Waals surface area contributed by atoms with Gasteiger partial charge in [-0.3, -0.25) is 9.59 Å². The summed E-state index contributed by atoms with van der Waals surface area (Å²) >= 11 is 0. The van der Waals surface area contributed by atoms with Crippen molar-refractivity contribution in [2.24, 2.45) is 34.6 Å². The number of nitrogens with zero attached hydrogens (tertiary/aromatic N) is 6. The smallest absolute Gasteiger partial charge is 0.264 e. The molecule has 0 spiro atoms. The summed E-state index contributed by atoms with van der Waals surface area (Å²) in [5.74, 6) is -0.667. The van der Waals surface area contributed by atoms with Crippen molar-refractivity contribution < 1.29 is 19.8 Å². The third-order valence-corrected chi connectivity index (χ3v) is 6.65. The normalized spacial score (nSPS) is 11.9. The molecule has 2 aromatic heterocycles. The molecule has 0 bridgehead atoms. The number of amides is 2. The van der Waals surface area contributed by atoms with E-state index in [1.165, 1.54) is 0 Å². The van der Waals surface area contributed by atoms with Gasteiger partial charge in [0.1, 0.15) is 0 Å². The highest BCUT2D eigenvalue weighted by atomic mass is 16.3. The highest BCUT2D eigenvalue weighted by Crippen LogP contribution is 2.38. The summed E-state index contributed by atoms with van der Waals surface area (Å²) < 4.78 is 3.22. The van der Waals surface area contributed by atoms with E-state index in [1.54, 1.807) is 23.2 Å². The lowest BCUT2D eigenvalue weighted by Gasteiger charge is -2.00. The monoisotopic (exact) mass is 516 g/mol. The second-order valence-electron chi connectivity index (χ2n) is 9.31. The van der Waals surface area contributed by atoms with Crippen molar-refractivity contribution >= 4 is 45.0 Å². The van der Waals surface area contributed by atoms with Crippen LogP contribution in [0.25, 0.3) is 21.8 Å². The molecule has 0 fully saturated rings. The zero-order chi connectivity index (χ0) is 27.1. The number of benzene rings is 2. The molecule has 0 aliphatic rings. The van der Waals surface area contributed by atoms with E-state index in [9.17, 15) is 19.8 Å². The molecule has 4 rings (SSSR count). The van der Waals surface area contributed by atoms with Crippen molar-refractivity contribution in [1.29, 1.82) is 0 Å². The molecule has 10 heteroatoms. The molecular formula is C28H32N6O4. The largest absolute Gasteiger partial charge is 0.493 e. The number of rotatable bonds is 11. The topological polar surface area (TPSA) is 134 Å². The van der Waals surface area contributed by atoms with Crippen LogP contribution in [-0.2, 0) is 23.7 Å². The first-order chi connectivity index (χ1) is 18.4. The number of carbonyl (C=O) groups is 2. The van der Waals surface area contributed by atoms with E-state index in [-0.39, 0.29) is 23.6 Å². The van der Waals surface area contributed by atoms with E-state index in [4.69, 9.17) is 0 Å². The predicted octanol–water partition coefficient (Wildman–Crippen LogP) is 7.12. The Morgan fingerprint density at radius 3 is 1.42 bits per heavy atom. The molecule has 0 radical (unpaired) electrons. The van der Waals surface area contributed by atoms with Gasteiger partial charge in [-0.25, -0.2) is 0 Å². The van der Waals surface area contributed by atoms with Crippen LogP contribution in [0.5, 0.6) is 11.8 Å². The van der Waals surface area contributed by atoms with Crippen LogP contribution in [0, 0.1) is 0 Å². The maximum atomic E-state index is 12.1. The van der Waals surface area contributed by atoms with Crippen LogP contribution in [0.4, 0.5) is 11.4 Å². The summed E-state index contributed by atoms with van der Waals surface area (Å²) in [6.45, 7) is 0. The number of para-hydroxylation sites is 2. The summed E-state index contributed by atoms with van der Waals surface area (Å²) in [5, 5.41) is 37.6. The van der Waals surface area contributed by atoms with E-state index >= 15 is 0 Å². The first-order valence-corrected chi connectivity index (χ1v) is 12.8. The zero-order valence-corrected chi connectivity index (χ0v) is 21.7. The Labute approximate surface area is 220 Å². The summed E-state index contributed by atoms with van der Waals surface area (Å²) in [7, 11) is 3.47. The zero-order valence-electron chi connectivity index (χ0n) is 21.7. The number of aromatic hydroxyl groups is 2. The molecule has 38 heavy (non-hydrogen) atoms. The van der Waals surface area contributed by atoms with Gasteiger partial charge < -0.3 is 19.3 Å².